The Kier molecular flexibility index (Phi) is 6.02. The average molecular weight is 380 g/mol. The fourth-order valence-electron chi connectivity index (χ4n) is 3.98. The van der Waals surface area contributed by atoms with E-state index < -0.39 is 6.09 Å². The largest absolute Gasteiger partial charge is 0.448 e. The number of ether oxygens (including phenoxy) is 1. The number of guanidine groups is 1. The molecule has 0 aliphatic carbocycles. The molecule has 2 aromatic rings. The molecule has 1 heterocycles. The molecule has 0 saturated carbocycles. The lowest BCUT2D eigenvalue weighted by atomic mass is 10.0. The third-order valence-electron chi connectivity index (χ3n) is 5.12. The van der Waals surface area contributed by atoms with Crippen LogP contribution in [0.3, 0.4) is 0 Å². The molecule has 0 atom stereocenters. The highest BCUT2D eigenvalue weighted by Crippen LogP contribution is 2.32. The molecular formula is C23H29N3O2. The lowest BCUT2D eigenvalue weighted by Crippen LogP contribution is -2.52. The molecule has 1 fully saturated rings. The molecule has 3 rings (SSSR count). The second kappa shape index (κ2) is 8.46. The maximum Gasteiger partial charge on any atom is 0.436 e. The van der Waals surface area contributed by atoms with Gasteiger partial charge in [0.25, 0.3) is 0 Å². The molecule has 0 N–H and O–H groups in total. The van der Waals surface area contributed by atoms with Crippen molar-refractivity contribution in [3.05, 3.63) is 58.7 Å². The molecule has 1 amide bonds. The maximum absolute atomic E-state index is 12.3. The Bertz CT molecular complexity index is 803. The van der Waals surface area contributed by atoms with Gasteiger partial charge < -0.3 is 14.5 Å². The molecule has 0 spiro atoms. The van der Waals surface area contributed by atoms with Gasteiger partial charge in [-0.15, -0.1) is 4.99 Å². The third-order valence-corrected chi connectivity index (χ3v) is 5.12. The van der Waals surface area contributed by atoms with Crippen molar-refractivity contribution in [3.63, 3.8) is 0 Å². The number of hydrogen-bond acceptors (Lipinski definition) is 2. The minimum atomic E-state index is -0.549. The van der Waals surface area contributed by atoms with E-state index in [0.717, 1.165) is 30.9 Å². The SMILES string of the molecule is CCOC(=O)N=C1N(c2c(C)cccc2C)CCCN1c1c(C)cccc1C. The molecule has 1 saturated heterocycles. The molecule has 0 radical (unpaired) electrons. The van der Waals surface area contributed by atoms with Gasteiger partial charge in [-0.25, -0.2) is 4.79 Å². The van der Waals surface area contributed by atoms with E-state index in [9.17, 15) is 4.79 Å². The highest BCUT2D eigenvalue weighted by molar-refractivity contribution is 6.12. The summed E-state index contributed by atoms with van der Waals surface area (Å²) in [6.07, 6.45) is 0.426. The smallest absolute Gasteiger partial charge is 0.436 e. The molecule has 1 aliphatic rings. The number of hydrogen-bond donors (Lipinski definition) is 0. The Balaban J connectivity index is 2.16. The highest BCUT2D eigenvalue weighted by Gasteiger charge is 2.30. The van der Waals surface area contributed by atoms with Gasteiger partial charge in [0, 0.05) is 24.5 Å². The van der Waals surface area contributed by atoms with Crippen LogP contribution in [0.25, 0.3) is 0 Å². The molecule has 5 nitrogen and oxygen atoms in total. The van der Waals surface area contributed by atoms with Gasteiger partial charge in [-0.1, -0.05) is 36.4 Å². The average Bonchev–Trinajstić information content (AvgIpc) is 2.63. The summed E-state index contributed by atoms with van der Waals surface area (Å²) < 4.78 is 5.15. The van der Waals surface area contributed by atoms with Crippen molar-refractivity contribution in [1.29, 1.82) is 0 Å². The van der Waals surface area contributed by atoms with E-state index in [0.29, 0.717) is 12.6 Å². The normalized spacial score (nSPS) is 14.2. The second-order valence-electron chi connectivity index (χ2n) is 7.25. The molecular weight excluding hydrogens is 350 g/mol. The van der Waals surface area contributed by atoms with E-state index in [1.54, 1.807) is 6.92 Å². The number of aliphatic imine (C=N–C) groups is 1. The number of rotatable bonds is 3. The van der Waals surface area contributed by atoms with E-state index in [4.69, 9.17) is 4.74 Å². The minimum absolute atomic E-state index is 0.308. The summed E-state index contributed by atoms with van der Waals surface area (Å²) in [5.74, 6) is 0.638. The molecule has 5 heteroatoms. The van der Waals surface area contributed by atoms with Crippen molar-refractivity contribution in [2.24, 2.45) is 4.99 Å². The van der Waals surface area contributed by atoms with Crippen molar-refractivity contribution in [2.45, 2.75) is 41.0 Å². The van der Waals surface area contributed by atoms with Gasteiger partial charge >= 0.3 is 6.09 Å². The van der Waals surface area contributed by atoms with Crippen LogP contribution in [0.5, 0.6) is 0 Å². The molecule has 0 unspecified atom stereocenters. The van der Waals surface area contributed by atoms with Gasteiger partial charge in [-0.05, 0) is 63.3 Å². The van der Waals surface area contributed by atoms with E-state index in [-0.39, 0.29) is 0 Å². The number of anilines is 2. The summed E-state index contributed by atoms with van der Waals surface area (Å²) >= 11 is 0. The summed E-state index contributed by atoms with van der Waals surface area (Å²) in [6, 6.07) is 12.5. The van der Waals surface area contributed by atoms with Gasteiger partial charge in [-0.2, -0.15) is 0 Å². The van der Waals surface area contributed by atoms with Crippen LogP contribution in [0.2, 0.25) is 0 Å². The van der Waals surface area contributed by atoms with Crippen molar-refractivity contribution in [3.8, 4) is 0 Å². The summed E-state index contributed by atoms with van der Waals surface area (Å²) in [7, 11) is 0. The minimum Gasteiger partial charge on any atom is -0.448 e. The summed E-state index contributed by atoms with van der Waals surface area (Å²) in [5.41, 5.74) is 6.89. The summed E-state index contributed by atoms with van der Waals surface area (Å²) in [6.45, 7) is 12.1. The van der Waals surface area contributed by atoms with E-state index in [1.807, 2.05) is 0 Å². The molecule has 1 aliphatic heterocycles. The molecule has 2 aromatic carbocycles. The molecule has 148 valence electrons. The number of carbonyl (C=O) groups excluding carboxylic acids is 1. The quantitative estimate of drug-likeness (QED) is 0.740. The van der Waals surface area contributed by atoms with Crippen molar-refractivity contribution in [2.75, 3.05) is 29.5 Å². The van der Waals surface area contributed by atoms with Gasteiger partial charge in [0.2, 0.25) is 5.96 Å². The monoisotopic (exact) mass is 379 g/mol. The van der Waals surface area contributed by atoms with Gasteiger partial charge in [0.05, 0.1) is 6.61 Å². The first-order valence-corrected chi connectivity index (χ1v) is 9.87. The van der Waals surface area contributed by atoms with Crippen LogP contribution in [-0.2, 0) is 4.74 Å². The Morgan fingerprint density at radius 3 is 1.71 bits per heavy atom. The number of nitrogens with zero attached hydrogens (tertiary/aromatic N) is 3. The van der Waals surface area contributed by atoms with E-state index in [1.165, 1.54) is 22.3 Å². The summed E-state index contributed by atoms with van der Waals surface area (Å²) in [5, 5.41) is 0. The number of para-hydroxylation sites is 2. The van der Waals surface area contributed by atoms with Gasteiger partial charge in [0.1, 0.15) is 0 Å². The molecule has 0 bridgehead atoms. The van der Waals surface area contributed by atoms with Crippen LogP contribution in [0.1, 0.15) is 35.6 Å². The van der Waals surface area contributed by atoms with Crippen molar-refractivity contribution < 1.29 is 9.53 Å². The Labute approximate surface area is 167 Å². The second-order valence-corrected chi connectivity index (χ2v) is 7.25. The van der Waals surface area contributed by atoms with Crippen molar-refractivity contribution in [1.82, 2.24) is 0 Å². The standard InChI is InChI=1S/C23H29N3O2/c1-6-28-23(27)24-22-25(20-16(2)10-7-11-17(20)3)14-9-15-26(22)21-18(4)12-8-13-19(21)5/h7-8,10-13H,6,9,14-15H2,1-5H3. The third kappa shape index (κ3) is 3.88. The van der Waals surface area contributed by atoms with Crippen LogP contribution < -0.4 is 9.80 Å². The fraction of sp³-hybridized carbons (Fsp3) is 0.391. The van der Waals surface area contributed by atoms with Crippen LogP contribution in [0.4, 0.5) is 16.2 Å². The zero-order valence-corrected chi connectivity index (χ0v) is 17.5. The predicted octanol–water partition coefficient (Wildman–Crippen LogP) is 5.15. The van der Waals surface area contributed by atoms with E-state index >= 15 is 0 Å². The Morgan fingerprint density at radius 1 is 0.893 bits per heavy atom. The van der Waals surface area contributed by atoms with Gasteiger partial charge in [-0.3, -0.25) is 0 Å². The van der Waals surface area contributed by atoms with E-state index in [2.05, 4.69) is 78.9 Å². The lowest BCUT2D eigenvalue weighted by Gasteiger charge is -2.41. The van der Waals surface area contributed by atoms with Crippen LogP contribution in [0.15, 0.2) is 41.4 Å². The van der Waals surface area contributed by atoms with Crippen LogP contribution in [-0.4, -0.2) is 31.7 Å². The van der Waals surface area contributed by atoms with Crippen LogP contribution in [0, 0.1) is 27.7 Å². The Morgan fingerprint density at radius 2 is 1.32 bits per heavy atom. The maximum atomic E-state index is 12.3. The first kappa shape index (κ1) is 19.9. The fourth-order valence-corrected chi connectivity index (χ4v) is 3.98. The number of benzene rings is 2. The predicted molar refractivity (Wildman–Crippen MR) is 116 cm³/mol. The number of aryl methyl sites for hydroxylation is 4. The first-order chi connectivity index (χ1) is 13.4. The van der Waals surface area contributed by atoms with Crippen LogP contribution >= 0.6 is 0 Å². The summed E-state index contributed by atoms with van der Waals surface area (Å²) in [4.78, 5) is 21.1. The Hall–Kier alpha value is -2.82. The zero-order valence-electron chi connectivity index (χ0n) is 17.5. The first-order valence-electron chi connectivity index (χ1n) is 9.87. The van der Waals surface area contributed by atoms with Gasteiger partial charge in [0.15, 0.2) is 0 Å². The topological polar surface area (TPSA) is 45.1 Å². The number of carbonyl (C=O) groups is 1. The lowest BCUT2D eigenvalue weighted by molar-refractivity contribution is 0.163. The highest BCUT2D eigenvalue weighted by atomic mass is 16.5. The van der Waals surface area contributed by atoms with Crippen molar-refractivity contribution >= 4 is 23.4 Å². The number of amides is 1. The zero-order chi connectivity index (χ0) is 20.3. The molecule has 0 aromatic heterocycles. The molecule has 28 heavy (non-hydrogen) atoms.